The van der Waals surface area contributed by atoms with Gasteiger partial charge in [0, 0.05) is 18.1 Å². The number of aliphatic hydroxyl groups excluding tert-OH is 1. The molecule has 1 saturated carbocycles. The molecule has 1 fully saturated rings. The van der Waals surface area contributed by atoms with Crippen LogP contribution < -0.4 is 11.1 Å². The zero-order valence-corrected chi connectivity index (χ0v) is 9.42. The second kappa shape index (κ2) is 5.10. The summed E-state index contributed by atoms with van der Waals surface area (Å²) in [7, 11) is 0. The van der Waals surface area contributed by atoms with Gasteiger partial charge in [0.1, 0.15) is 0 Å². The molecule has 0 heterocycles. The Labute approximate surface area is 87.1 Å². The minimum atomic E-state index is -0.228. The van der Waals surface area contributed by atoms with Crippen LogP contribution in [0.15, 0.2) is 0 Å². The molecular weight excluding hydrogens is 176 g/mol. The topological polar surface area (TPSA) is 58.3 Å². The van der Waals surface area contributed by atoms with Crippen LogP contribution in [0.1, 0.15) is 46.0 Å². The van der Waals surface area contributed by atoms with Crippen LogP contribution in [-0.4, -0.2) is 29.3 Å². The van der Waals surface area contributed by atoms with Crippen LogP contribution in [0.5, 0.6) is 0 Å². The van der Waals surface area contributed by atoms with Crippen molar-refractivity contribution in [2.45, 2.75) is 63.6 Å². The van der Waals surface area contributed by atoms with E-state index in [4.69, 9.17) is 5.73 Å². The van der Waals surface area contributed by atoms with Crippen molar-refractivity contribution in [1.29, 1.82) is 0 Å². The van der Waals surface area contributed by atoms with Crippen molar-refractivity contribution in [2.75, 3.05) is 6.54 Å². The average Bonchev–Trinajstić information content (AvgIpc) is 2.52. The van der Waals surface area contributed by atoms with E-state index >= 15 is 0 Å². The third kappa shape index (κ3) is 3.23. The van der Waals surface area contributed by atoms with Crippen LogP contribution in [0.3, 0.4) is 0 Å². The number of nitrogens with two attached hydrogens (primary N) is 1. The number of hydrogen-bond acceptors (Lipinski definition) is 3. The lowest BCUT2D eigenvalue weighted by molar-refractivity contribution is 0.159. The van der Waals surface area contributed by atoms with Crippen molar-refractivity contribution in [3.63, 3.8) is 0 Å². The molecule has 2 unspecified atom stereocenters. The monoisotopic (exact) mass is 200 g/mol. The predicted octanol–water partition coefficient (Wildman–Crippen LogP) is 1.01. The van der Waals surface area contributed by atoms with E-state index in [1.807, 2.05) is 6.92 Å². The molecule has 0 aromatic heterocycles. The van der Waals surface area contributed by atoms with Crippen molar-refractivity contribution in [1.82, 2.24) is 5.32 Å². The summed E-state index contributed by atoms with van der Waals surface area (Å²) in [4.78, 5) is 0. The maximum atomic E-state index is 9.28. The molecule has 84 valence electrons. The number of nitrogens with one attached hydrogen (secondary N) is 1. The molecule has 4 N–H and O–H groups in total. The smallest absolute Gasteiger partial charge is 0.0526 e. The normalized spacial score (nSPS) is 24.9. The first-order valence-electron chi connectivity index (χ1n) is 5.74. The second-order valence-electron chi connectivity index (χ2n) is 4.82. The summed E-state index contributed by atoms with van der Waals surface area (Å²) < 4.78 is 0. The Balaban J connectivity index is 2.39. The highest BCUT2D eigenvalue weighted by atomic mass is 16.3. The summed E-state index contributed by atoms with van der Waals surface area (Å²) in [6.07, 6.45) is 5.52. The van der Waals surface area contributed by atoms with Crippen LogP contribution >= 0.6 is 0 Å². The molecule has 0 spiro atoms. The zero-order valence-electron chi connectivity index (χ0n) is 9.42. The molecule has 1 rings (SSSR count). The van der Waals surface area contributed by atoms with Gasteiger partial charge in [-0.25, -0.2) is 0 Å². The fourth-order valence-corrected chi connectivity index (χ4v) is 2.55. The molecule has 2 atom stereocenters. The SMILES string of the molecule is CC(O)CC(C)NC1(CN)CCCC1. The Kier molecular flexibility index (Phi) is 4.35. The van der Waals surface area contributed by atoms with E-state index in [9.17, 15) is 5.11 Å². The molecule has 1 aliphatic carbocycles. The van der Waals surface area contributed by atoms with Crippen LogP contribution in [0.2, 0.25) is 0 Å². The Morgan fingerprint density at radius 1 is 1.36 bits per heavy atom. The average molecular weight is 200 g/mol. The number of aliphatic hydroxyl groups is 1. The Morgan fingerprint density at radius 2 is 1.93 bits per heavy atom. The minimum Gasteiger partial charge on any atom is -0.393 e. The molecule has 0 bridgehead atoms. The van der Waals surface area contributed by atoms with Gasteiger partial charge in [0.2, 0.25) is 0 Å². The molecule has 0 aromatic rings. The highest BCUT2D eigenvalue weighted by Crippen LogP contribution is 2.29. The summed E-state index contributed by atoms with van der Waals surface area (Å²) in [6, 6.07) is 0.358. The fraction of sp³-hybridized carbons (Fsp3) is 1.00. The Morgan fingerprint density at radius 3 is 2.36 bits per heavy atom. The van der Waals surface area contributed by atoms with Crippen molar-refractivity contribution in [3.8, 4) is 0 Å². The molecule has 0 aliphatic heterocycles. The highest BCUT2D eigenvalue weighted by Gasteiger charge is 2.33. The minimum absolute atomic E-state index is 0.161. The van der Waals surface area contributed by atoms with E-state index in [1.165, 1.54) is 25.7 Å². The first kappa shape index (κ1) is 12.0. The number of hydrogen-bond donors (Lipinski definition) is 3. The summed E-state index contributed by atoms with van der Waals surface area (Å²) in [6.45, 7) is 4.68. The third-order valence-electron chi connectivity index (χ3n) is 3.20. The molecule has 3 heteroatoms. The molecular formula is C11H24N2O. The van der Waals surface area contributed by atoms with Gasteiger partial charge in [-0.2, -0.15) is 0 Å². The van der Waals surface area contributed by atoms with Gasteiger partial charge in [-0.1, -0.05) is 12.8 Å². The largest absolute Gasteiger partial charge is 0.393 e. The molecule has 0 radical (unpaired) electrons. The predicted molar refractivity (Wildman–Crippen MR) is 59.1 cm³/mol. The maximum absolute atomic E-state index is 9.28. The quantitative estimate of drug-likeness (QED) is 0.620. The second-order valence-corrected chi connectivity index (χ2v) is 4.82. The van der Waals surface area contributed by atoms with Crippen LogP contribution in [-0.2, 0) is 0 Å². The Hall–Kier alpha value is -0.120. The van der Waals surface area contributed by atoms with Gasteiger partial charge in [-0.3, -0.25) is 0 Å². The van der Waals surface area contributed by atoms with Crippen LogP contribution in [0.25, 0.3) is 0 Å². The van der Waals surface area contributed by atoms with E-state index in [0.29, 0.717) is 6.04 Å². The standard InChI is InChI=1S/C11H24N2O/c1-9(7-10(2)14)13-11(8-12)5-3-4-6-11/h9-10,13-14H,3-8,12H2,1-2H3. The van der Waals surface area contributed by atoms with Gasteiger partial charge in [0.05, 0.1) is 6.10 Å². The molecule has 3 nitrogen and oxygen atoms in total. The lowest BCUT2D eigenvalue weighted by Crippen LogP contribution is -2.53. The summed E-state index contributed by atoms with van der Waals surface area (Å²) in [5, 5.41) is 12.9. The van der Waals surface area contributed by atoms with Gasteiger partial charge in [-0.05, 0) is 33.1 Å². The van der Waals surface area contributed by atoms with E-state index in [1.54, 1.807) is 0 Å². The highest BCUT2D eigenvalue weighted by molar-refractivity contribution is 4.95. The first-order valence-corrected chi connectivity index (χ1v) is 5.74. The van der Waals surface area contributed by atoms with E-state index in [-0.39, 0.29) is 11.6 Å². The van der Waals surface area contributed by atoms with Crippen molar-refractivity contribution in [3.05, 3.63) is 0 Å². The van der Waals surface area contributed by atoms with Crippen LogP contribution in [0, 0.1) is 0 Å². The number of rotatable bonds is 5. The molecule has 14 heavy (non-hydrogen) atoms. The summed E-state index contributed by atoms with van der Waals surface area (Å²) in [5.74, 6) is 0. The summed E-state index contributed by atoms with van der Waals surface area (Å²) >= 11 is 0. The van der Waals surface area contributed by atoms with Gasteiger partial charge >= 0.3 is 0 Å². The Bertz CT molecular complexity index is 165. The van der Waals surface area contributed by atoms with Crippen molar-refractivity contribution < 1.29 is 5.11 Å². The zero-order chi connectivity index (χ0) is 10.6. The first-order chi connectivity index (χ1) is 6.58. The molecule has 0 saturated heterocycles. The third-order valence-corrected chi connectivity index (χ3v) is 3.20. The molecule has 1 aliphatic rings. The van der Waals surface area contributed by atoms with Gasteiger partial charge in [0.25, 0.3) is 0 Å². The van der Waals surface area contributed by atoms with Gasteiger partial charge in [-0.15, -0.1) is 0 Å². The van der Waals surface area contributed by atoms with E-state index < -0.39 is 0 Å². The van der Waals surface area contributed by atoms with Gasteiger partial charge in [0.15, 0.2) is 0 Å². The summed E-state index contributed by atoms with van der Waals surface area (Å²) in [5.41, 5.74) is 5.98. The molecule has 0 amide bonds. The maximum Gasteiger partial charge on any atom is 0.0526 e. The fourth-order valence-electron chi connectivity index (χ4n) is 2.55. The lowest BCUT2D eigenvalue weighted by atomic mass is 9.95. The lowest BCUT2D eigenvalue weighted by Gasteiger charge is -2.33. The van der Waals surface area contributed by atoms with Crippen LogP contribution in [0.4, 0.5) is 0 Å². The van der Waals surface area contributed by atoms with E-state index in [2.05, 4.69) is 12.2 Å². The molecule has 0 aromatic carbocycles. The van der Waals surface area contributed by atoms with Crippen molar-refractivity contribution in [2.24, 2.45) is 5.73 Å². The van der Waals surface area contributed by atoms with Crippen molar-refractivity contribution >= 4 is 0 Å². The van der Waals surface area contributed by atoms with Gasteiger partial charge < -0.3 is 16.2 Å². The van der Waals surface area contributed by atoms with E-state index in [0.717, 1.165) is 13.0 Å².